The Hall–Kier alpha value is -0.220. The Morgan fingerprint density at radius 3 is 2.92 bits per heavy atom. The van der Waals surface area contributed by atoms with Crippen molar-refractivity contribution in [2.24, 2.45) is 0 Å². The summed E-state index contributed by atoms with van der Waals surface area (Å²) in [6.45, 7) is 4.15. The minimum Gasteiger partial charge on any atom is -0.338 e. The van der Waals surface area contributed by atoms with Crippen molar-refractivity contribution in [2.75, 3.05) is 5.75 Å². The Kier molecular flexibility index (Phi) is 3.88. The molecule has 12 heavy (non-hydrogen) atoms. The summed E-state index contributed by atoms with van der Waals surface area (Å²) in [5.41, 5.74) is 0. The van der Waals surface area contributed by atoms with Crippen molar-refractivity contribution in [3.05, 3.63) is 11.7 Å². The molecule has 0 aliphatic carbocycles. The molecule has 1 aromatic rings. The Labute approximate surface area is 80.9 Å². The molecule has 0 unspecified atom stereocenters. The highest BCUT2D eigenvalue weighted by Gasteiger charge is 2.12. The lowest BCUT2D eigenvalue weighted by molar-refractivity contribution is 0.384. The van der Waals surface area contributed by atoms with E-state index < -0.39 is 0 Å². The lowest BCUT2D eigenvalue weighted by Gasteiger charge is -2.01. The molecule has 1 rings (SSSR count). The van der Waals surface area contributed by atoms with Gasteiger partial charge in [0.2, 0.25) is 5.89 Å². The molecule has 0 amide bonds. The Bertz CT molecular complexity index is 241. The summed E-state index contributed by atoms with van der Waals surface area (Å²) in [6, 6.07) is 0. The maximum atomic E-state index is 5.52. The van der Waals surface area contributed by atoms with E-state index in [1.54, 1.807) is 11.8 Å². The van der Waals surface area contributed by atoms with Crippen LogP contribution in [0.25, 0.3) is 0 Å². The molecule has 3 nitrogen and oxygen atoms in total. The van der Waals surface area contributed by atoms with Gasteiger partial charge in [-0.05, 0) is 12.7 Å². The zero-order valence-corrected chi connectivity index (χ0v) is 8.65. The van der Waals surface area contributed by atoms with Crippen LogP contribution in [0.3, 0.4) is 0 Å². The van der Waals surface area contributed by atoms with Crippen LogP contribution in [0.5, 0.6) is 0 Å². The summed E-state index contributed by atoms with van der Waals surface area (Å²) < 4.78 is 4.87. The molecule has 0 saturated carbocycles. The Morgan fingerprint density at radius 1 is 1.67 bits per heavy atom. The van der Waals surface area contributed by atoms with E-state index in [2.05, 4.69) is 24.0 Å². The zero-order chi connectivity index (χ0) is 8.97. The summed E-state index contributed by atoms with van der Waals surface area (Å²) in [5.74, 6) is 2.57. The SMILES string of the molecule is CCS[C@@H](C)c1noc(CCl)n1. The molecule has 0 radical (unpaired) electrons. The molecule has 1 atom stereocenters. The molecule has 0 saturated heterocycles. The number of rotatable bonds is 4. The van der Waals surface area contributed by atoms with Crippen LogP contribution in [0, 0.1) is 0 Å². The van der Waals surface area contributed by atoms with Crippen molar-refractivity contribution in [2.45, 2.75) is 25.0 Å². The summed E-state index contributed by atoms with van der Waals surface area (Å²) >= 11 is 7.30. The van der Waals surface area contributed by atoms with Crippen molar-refractivity contribution in [1.29, 1.82) is 0 Å². The van der Waals surface area contributed by atoms with Gasteiger partial charge in [-0.25, -0.2) is 0 Å². The van der Waals surface area contributed by atoms with Crippen LogP contribution >= 0.6 is 23.4 Å². The van der Waals surface area contributed by atoms with Crippen LogP contribution in [-0.2, 0) is 5.88 Å². The van der Waals surface area contributed by atoms with Gasteiger partial charge in [0, 0.05) is 0 Å². The van der Waals surface area contributed by atoms with Gasteiger partial charge in [-0.1, -0.05) is 12.1 Å². The average Bonchev–Trinajstić information content (AvgIpc) is 2.52. The van der Waals surface area contributed by atoms with E-state index in [9.17, 15) is 0 Å². The fraction of sp³-hybridized carbons (Fsp3) is 0.714. The number of thioether (sulfide) groups is 1. The van der Waals surface area contributed by atoms with E-state index in [1.165, 1.54) is 0 Å². The highest BCUT2D eigenvalue weighted by Crippen LogP contribution is 2.25. The minimum atomic E-state index is 0.288. The molecular weight excluding hydrogens is 196 g/mol. The topological polar surface area (TPSA) is 38.9 Å². The van der Waals surface area contributed by atoms with E-state index in [1.807, 2.05) is 0 Å². The van der Waals surface area contributed by atoms with Gasteiger partial charge in [0.1, 0.15) is 5.88 Å². The Balaban J connectivity index is 2.61. The number of alkyl halides is 1. The van der Waals surface area contributed by atoms with Gasteiger partial charge in [0.25, 0.3) is 0 Å². The normalized spacial score (nSPS) is 13.2. The third-order valence-corrected chi connectivity index (χ3v) is 2.65. The fourth-order valence-electron chi connectivity index (χ4n) is 0.812. The van der Waals surface area contributed by atoms with Crippen LogP contribution in [-0.4, -0.2) is 15.9 Å². The third-order valence-electron chi connectivity index (χ3n) is 1.38. The lowest BCUT2D eigenvalue weighted by atomic mass is 10.4. The molecule has 68 valence electrons. The third kappa shape index (κ3) is 2.38. The first kappa shape index (κ1) is 9.86. The van der Waals surface area contributed by atoms with Crippen LogP contribution in [0.4, 0.5) is 0 Å². The first-order valence-corrected chi connectivity index (χ1v) is 5.36. The number of hydrogen-bond donors (Lipinski definition) is 0. The molecule has 0 aromatic carbocycles. The lowest BCUT2D eigenvalue weighted by Crippen LogP contribution is -1.91. The number of halogens is 1. The highest BCUT2D eigenvalue weighted by molar-refractivity contribution is 7.99. The molecule has 0 aliphatic rings. The van der Waals surface area contributed by atoms with E-state index in [0.29, 0.717) is 5.89 Å². The van der Waals surface area contributed by atoms with E-state index >= 15 is 0 Å². The first-order chi connectivity index (χ1) is 5.77. The minimum absolute atomic E-state index is 0.288. The molecule has 0 spiro atoms. The van der Waals surface area contributed by atoms with Gasteiger partial charge >= 0.3 is 0 Å². The van der Waals surface area contributed by atoms with Crippen molar-refractivity contribution in [3.63, 3.8) is 0 Å². The second-order valence-corrected chi connectivity index (χ2v) is 4.16. The van der Waals surface area contributed by atoms with Crippen molar-refractivity contribution >= 4 is 23.4 Å². The summed E-state index contributed by atoms with van der Waals surface area (Å²) in [6.07, 6.45) is 0. The first-order valence-electron chi connectivity index (χ1n) is 3.78. The molecular formula is C7H11ClN2OS. The van der Waals surface area contributed by atoms with Gasteiger partial charge in [-0.15, -0.1) is 11.6 Å². The summed E-state index contributed by atoms with van der Waals surface area (Å²) in [5, 5.41) is 4.10. The Morgan fingerprint density at radius 2 is 2.42 bits per heavy atom. The van der Waals surface area contributed by atoms with E-state index in [-0.39, 0.29) is 11.1 Å². The smallest absolute Gasteiger partial charge is 0.241 e. The quantitative estimate of drug-likeness (QED) is 0.710. The van der Waals surface area contributed by atoms with Gasteiger partial charge in [0.05, 0.1) is 5.25 Å². The number of nitrogens with zero attached hydrogens (tertiary/aromatic N) is 2. The molecule has 0 bridgehead atoms. The monoisotopic (exact) mass is 206 g/mol. The van der Waals surface area contributed by atoms with Crippen LogP contribution in [0.15, 0.2) is 4.52 Å². The summed E-state index contributed by atoms with van der Waals surface area (Å²) in [4.78, 5) is 4.12. The van der Waals surface area contributed by atoms with Gasteiger partial charge < -0.3 is 4.52 Å². The molecule has 0 fully saturated rings. The second kappa shape index (κ2) is 4.72. The van der Waals surface area contributed by atoms with Gasteiger partial charge in [-0.2, -0.15) is 16.7 Å². The second-order valence-electron chi connectivity index (χ2n) is 2.28. The highest BCUT2D eigenvalue weighted by atomic mass is 35.5. The average molecular weight is 207 g/mol. The number of aromatic nitrogens is 2. The maximum Gasteiger partial charge on any atom is 0.241 e. The molecule has 1 aromatic heterocycles. The molecule has 5 heteroatoms. The number of hydrogen-bond acceptors (Lipinski definition) is 4. The summed E-state index contributed by atoms with van der Waals surface area (Å²) in [7, 11) is 0. The predicted octanol–water partition coefficient (Wildman–Crippen LogP) is 2.62. The zero-order valence-electron chi connectivity index (χ0n) is 7.08. The van der Waals surface area contributed by atoms with Crippen molar-refractivity contribution < 1.29 is 4.52 Å². The van der Waals surface area contributed by atoms with E-state index in [0.717, 1.165) is 11.6 Å². The van der Waals surface area contributed by atoms with E-state index in [4.69, 9.17) is 16.1 Å². The molecule has 1 heterocycles. The largest absolute Gasteiger partial charge is 0.338 e. The van der Waals surface area contributed by atoms with Crippen molar-refractivity contribution in [1.82, 2.24) is 10.1 Å². The van der Waals surface area contributed by atoms with Gasteiger partial charge in [0.15, 0.2) is 5.82 Å². The fourth-order valence-corrected chi connectivity index (χ4v) is 1.67. The standard InChI is InChI=1S/C7H11ClN2OS/c1-3-12-5(2)7-9-6(4-8)11-10-7/h5H,3-4H2,1-2H3/t5-/m0/s1. The molecule has 0 aliphatic heterocycles. The predicted molar refractivity (Wildman–Crippen MR) is 50.4 cm³/mol. The van der Waals surface area contributed by atoms with Crippen LogP contribution < -0.4 is 0 Å². The van der Waals surface area contributed by atoms with Gasteiger partial charge in [-0.3, -0.25) is 0 Å². The molecule has 0 N–H and O–H groups in total. The maximum absolute atomic E-state index is 5.52. The van der Waals surface area contributed by atoms with Crippen LogP contribution in [0.2, 0.25) is 0 Å². The van der Waals surface area contributed by atoms with Crippen molar-refractivity contribution in [3.8, 4) is 0 Å². The van der Waals surface area contributed by atoms with Crippen LogP contribution in [0.1, 0.15) is 30.8 Å².